The molecule has 0 saturated carbocycles. The second-order valence-electron chi connectivity index (χ2n) is 9.95. The predicted octanol–water partition coefficient (Wildman–Crippen LogP) is 5.16. The van der Waals surface area contributed by atoms with Crippen LogP contribution in [0.25, 0.3) is 5.57 Å². The summed E-state index contributed by atoms with van der Waals surface area (Å²) in [5.41, 5.74) is 4.69. The van der Waals surface area contributed by atoms with Gasteiger partial charge in [-0.25, -0.2) is 13.2 Å². The van der Waals surface area contributed by atoms with Crippen molar-refractivity contribution >= 4 is 39.0 Å². The lowest BCUT2D eigenvalue weighted by molar-refractivity contribution is -0.136. The van der Waals surface area contributed by atoms with Crippen molar-refractivity contribution in [1.29, 1.82) is 0 Å². The molecule has 0 bridgehead atoms. The quantitative estimate of drug-likeness (QED) is 0.263. The molecule has 0 radical (unpaired) electrons. The fourth-order valence-electron chi connectivity index (χ4n) is 4.66. The Balaban J connectivity index is 1.57. The Morgan fingerprint density at radius 1 is 0.927 bits per heavy atom. The van der Waals surface area contributed by atoms with Crippen LogP contribution in [0.1, 0.15) is 65.2 Å². The summed E-state index contributed by atoms with van der Waals surface area (Å²) in [7, 11) is -3.44. The number of anilines is 1. The number of benzene rings is 3. The maximum absolute atomic E-state index is 13.1. The Morgan fingerprint density at radius 2 is 1.61 bits per heavy atom. The van der Waals surface area contributed by atoms with Gasteiger partial charge in [0.05, 0.1) is 17.4 Å². The van der Waals surface area contributed by atoms with Crippen molar-refractivity contribution < 1.29 is 27.9 Å². The molecule has 4 rings (SSSR count). The van der Waals surface area contributed by atoms with Gasteiger partial charge < -0.3 is 21.1 Å². The molecule has 4 N–H and O–H groups in total. The van der Waals surface area contributed by atoms with Gasteiger partial charge in [0.1, 0.15) is 0 Å². The number of hydrogen-bond donors (Lipinski definition) is 4. The molecule has 1 unspecified atom stereocenters. The zero-order valence-corrected chi connectivity index (χ0v) is 23.5. The van der Waals surface area contributed by atoms with E-state index in [0.29, 0.717) is 11.3 Å². The molecular formula is C31H33N3O6S. The fraction of sp³-hybridized carbons (Fsp3) is 0.258. The highest BCUT2D eigenvalue weighted by molar-refractivity contribution is 7.90. The van der Waals surface area contributed by atoms with Crippen LogP contribution < -0.4 is 16.0 Å². The second-order valence-corrected chi connectivity index (χ2v) is 12.0. The molecule has 0 heterocycles. The molecule has 9 nitrogen and oxygen atoms in total. The zero-order valence-electron chi connectivity index (χ0n) is 22.7. The van der Waals surface area contributed by atoms with Gasteiger partial charge in [-0.05, 0) is 78.3 Å². The van der Waals surface area contributed by atoms with E-state index in [1.54, 1.807) is 36.4 Å². The van der Waals surface area contributed by atoms with Crippen LogP contribution in [0.3, 0.4) is 0 Å². The Labute approximate surface area is 239 Å². The number of hydrogen-bond acceptors (Lipinski definition) is 5. The molecule has 3 amide bonds. The SMILES string of the molecule is CS(=O)(=O)c1cccc(NC(=O)NC(c2ccc(C(=O)NCCC(=O)O)cc2)c2ccc(C3=CCCCC3)cc2)c1. The van der Waals surface area contributed by atoms with Gasteiger partial charge in [0, 0.05) is 24.1 Å². The summed E-state index contributed by atoms with van der Waals surface area (Å²) in [5, 5.41) is 17.0. The van der Waals surface area contributed by atoms with E-state index in [1.807, 2.05) is 24.3 Å². The maximum Gasteiger partial charge on any atom is 0.319 e. The minimum Gasteiger partial charge on any atom is -0.481 e. The molecule has 0 fully saturated rings. The van der Waals surface area contributed by atoms with Crippen LogP contribution in [0.15, 0.2) is 83.8 Å². The van der Waals surface area contributed by atoms with Gasteiger partial charge in [-0.15, -0.1) is 0 Å². The Kier molecular flexibility index (Phi) is 9.57. The van der Waals surface area contributed by atoms with E-state index >= 15 is 0 Å². The van der Waals surface area contributed by atoms with Crippen molar-refractivity contribution in [3.05, 3.63) is 101 Å². The van der Waals surface area contributed by atoms with E-state index in [9.17, 15) is 22.8 Å². The van der Waals surface area contributed by atoms with Crippen LogP contribution in [0, 0.1) is 0 Å². The average molecular weight is 576 g/mol. The summed E-state index contributed by atoms with van der Waals surface area (Å²) in [6.45, 7) is 0.0174. The largest absolute Gasteiger partial charge is 0.481 e. The molecule has 1 aliphatic carbocycles. The molecule has 214 valence electrons. The number of aliphatic carboxylic acids is 1. The third-order valence-corrected chi connectivity index (χ3v) is 7.94. The summed E-state index contributed by atoms with van der Waals surface area (Å²) in [6, 6.07) is 19.6. The number of carbonyl (C=O) groups is 3. The summed E-state index contributed by atoms with van der Waals surface area (Å²) in [4.78, 5) is 36.3. The highest BCUT2D eigenvalue weighted by Crippen LogP contribution is 2.29. The number of rotatable bonds is 10. The van der Waals surface area contributed by atoms with Crippen molar-refractivity contribution in [2.24, 2.45) is 0 Å². The molecule has 1 aliphatic rings. The van der Waals surface area contributed by atoms with Gasteiger partial charge in [-0.2, -0.15) is 0 Å². The Bertz CT molecular complexity index is 1550. The Hall–Kier alpha value is -4.44. The smallest absolute Gasteiger partial charge is 0.319 e. The van der Waals surface area contributed by atoms with Gasteiger partial charge in [0.25, 0.3) is 5.91 Å². The molecule has 10 heteroatoms. The molecule has 0 saturated heterocycles. The molecule has 3 aromatic rings. The highest BCUT2D eigenvalue weighted by Gasteiger charge is 2.19. The van der Waals surface area contributed by atoms with Crippen LogP contribution in [0.4, 0.5) is 10.5 Å². The maximum atomic E-state index is 13.1. The first-order valence-electron chi connectivity index (χ1n) is 13.4. The first kappa shape index (κ1) is 29.5. The van der Waals surface area contributed by atoms with Crippen LogP contribution in [0.2, 0.25) is 0 Å². The van der Waals surface area contributed by atoms with Crippen LogP contribution >= 0.6 is 0 Å². The molecule has 3 aromatic carbocycles. The molecule has 0 aromatic heterocycles. The van der Waals surface area contributed by atoms with E-state index in [2.05, 4.69) is 22.0 Å². The normalized spacial score (nSPS) is 13.9. The van der Waals surface area contributed by atoms with Gasteiger partial charge in [0.2, 0.25) is 0 Å². The van der Waals surface area contributed by atoms with Gasteiger partial charge >= 0.3 is 12.0 Å². The number of carbonyl (C=O) groups excluding carboxylic acids is 2. The van der Waals surface area contributed by atoms with Crippen molar-refractivity contribution in [3.63, 3.8) is 0 Å². The standard InChI is InChI=1S/C31H33N3O6S/c1-41(39,40)27-9-5-8-26(20-27)33-31(38)34-29(23-12-10-22(11-13-23)21-6-3-2-4-7-21)24-14-16-25(17-15-24)30(37)32-19-18-28(35)36/h5-6,8-17,20,29H,2-4,7,18-19H2,1H3,(H,32,37)(H,35,36)(H2,33,34,38). The summed E-state index contributed by atoms with van der Waals surface area (Å²) >= 11 is 0. The number of carboxylic acid groups (broad SMARTS) is 1. The number of sulfone groups is 1. The van der Waals surface area contributed by atoms with Crippen molar-refractivity contribution in [2.45, 2.75) is 43.0 Å². The van der Waals surface area contributed by atoms with E-state index in [1.165, 1.54) is 24.1 Å². The summed E-state index contributed by atoms with van der Waals surface area (Å²) in [5.74, 6) is -1.39. The highest BCUT2D eigenvalue weighted by atomic mass is 32.2. The van der Waals surface area contributed by atoms with E-state index in [-0.39, 0.29) is 17.9 Å². The first-order valence-corrected chi connectivity index (χ1v) is 15.3. The fourth-order valence-corrected chi connectivity index (χ4v) is 5.33. The summed E-state index contributed by atoms with van der Waals surface area (Å²) in [6.07, 6.45) is 7.66. The lowest BCUT2D eigenvalue weighted by Gasteiger charge is -2.21. The molecular weight excluding hydrogens is 542 g/mol. The summed E-state index contributed by atoms with van der Waals surface area (Å²) < 4.78 is 23.9. The zero-order chi connectivity index (χ0) is 29.4. The molecule has 0 aliphatic heterocycles. The van der Waals surface area contributed by atoms with Crippen LogP contribution in [-0.4, -0.2) is 44.2 Å². The Morgan fingerprint density at radius 3 is 2.22 bits per heavy atom. The van der Waals surface area contributed by atoms with Gasteiger partial charge in [-0.1, -0.05) is 48.5 Å². The minimum atomic E-state index is -3.44. The molecule has 0 spiro atoms. The lowest BCUT2D eigenvalue weighted by Crippen LogP contribution is -2.33. The third-order valence-electron chi connectivity index (χ3n) is 6.83. The van der Waals surface area contributed by atoms with E-state index < -0.39 is 33.8 Å². The lowest BCUT2D eigenvalue weighted by atomic mass is 9.91. The monoisotopic (exact) mass is 575 g/mol. The molecule has 1 atom stereocenters. The van der Waals surface area contributed by atoms with Gasteiger partial charge in [-0.3, -0.25) is 9.59 Å². The number of nitrogens with one attached hydrogen (secondary N) is 3. The first-order chi connectivity index (χ1) is 19.6. The topological polar surface area (TPSA) is 142 Å². The number of urea groups is 1. The van der Waals surface area contributed by atoms with Crippen molar-refractivity contribution in [3.8, 4) is 0 Å². The van der Waals surface area contributed by atoms with Crippen molar-refractivity contribution in [2.75, 3.05) is 18.1 Å². The van der Waals surface area contributed by atoms with Crippen LogP contribution in [-0.2, 0) is 14.6 Å². The van der Waals surface area contributed by atoms with E-state index in [4.69, 9.17) is 5.11 Å². The van der Waals surface area contributed by atoms with Crippen molar-refractivity contribution in [1.82, 2.24) is 10.6 Å². The van der Waals surface area contributed by atoms with E-state index in [0.717, 1.165) is 42.2 Å². The van der Waals surface area contributed by atoms with Gasteiger partial charge in [0.15, 0.2) is 9.84 Å². The third kappa shape index (κ3) is 8.28. The number of allylic oxidation sites excluding steroid dienone is 2. The molecule has 41 heavy (non-hydrogen) atoms. The second kappa shape index (κ2) is 13.3. The average Bonchev–Trinajstić information content (AvgIpc) is 2.96. The predicted molar refractivity (Wildman–Crippen MR) is 157 cm³/mol. The number of carboxylic acids is 1. The van der Waals surface area contributed by atoms with Crippen LogP contribution in [0.5, 0.6) is 0 Å². The number of amides is 3. The minimum absolute atomic E-state index is 0.0174.